The van der Waals surface area contributed by atoms with Crippen LogP contribution in [-0.4, -0.2) is 22.3 Å². The van der Waals surface area contributed by atoms with Crippen LogP contribution in [0.1, 0.15) is 36.2 Å². The summed E-state index contributed by atoms with van der Waals surface area (Å²) >= 11 is 3.66. The number of rotatable bonds is 3. The van der Waals surface area contributed by atoms with Crippen molar-refractivity contribution in [1.82, 2.24) is 10.3 Å². The molecule has 0 unspecified atom stereocenters. The highest BCUT2D eigenvalue weighted by Gasteiger charge is 2.20. The van der Waals surface area contributed by atoms with Crippen LogP contribution in [-0.2, 0) is 0 Å². The molecule has 1 heterocycles. The second-order valence-electron chi connectivity index (χ2n) is 5.71. The van der Waals surface area contributed by atoms with Crippen LogP contribution in [0.4, 0.5) is 0 Å². The largest absolute Gasteiger partial charge is 0.350 e. The third-order valence-electron chi connectivity index (χ3n) is 4.22. The Morgan fingerprint density at radius 1 is 1.19 bits per heavy atom. The summed E-state index contributed by atoms with van der Waals surface area (Å²) in [4.78, 5) is 17.3. The molecule has 1 saturated carbocycles. The summed E-state index contributed by atoms with van der Waals surface area (Å²) in [5.74, 6) is 0.533. The fourth-order valence-electron chi connectivity index (χ4n) is 2.95. The standard InChI is InChI=1S/C17H19BrN2O/c18-14-7-5-12(6-8-14)11-20-17(21)16-15-4-2-1-3-13(15)9-10-19-16/h1-4,9-10,12,14H,5-8,11H2,(H,20,21). The van der Waals surface area contributed by atoms with E-state index in [1.807, 2.05) is 30.3 Å². The highest BCUT2D eigenvalue weighted by molar-refractivity contribution is 9.09. The number of pyridine rings is 1. The summed E-state index contributed by atoms with van der Waals surface area (Å²) in [6.45, 7) is 0.753. The maximum atomic E-state index is 12.4. The van der Waals surface area contributed by atoms with Gasteiger partial charge in [-0.2, -0.15) is 0 Å². The van der Waals surface area contributed by atoms with Crippen molar-refractivity contribution in [1.29, 1.82) is 0 Å². The van der Waals surface area contributed by atoms with Gasteiger partial charge in [0.05, 0.1) is 0 Å². The Balaban J connectivity index is 1.67. The average molecular weight is 347 g/mol. The van der Waals surface area contributed by atoms with Gasteiger partial charge in [0.15, 0.2) is 0 Å². The first-order chi connectivity index (χ1) is 10.2. The number of alkyl halides is 1. The van der Waals surface area contributed by atoms with E-state index in [4.69, 9.17) is 0 Å². The molecule has 0 bridgehead atoms. The van der Waals surface area contributed by atoms with Gasteiger partial charge in [0, 0.05) is 23.0 Å². The van der Waals surface area contributed by atoms with E-state index < -0.39 is 0 Å². The first kappa shape index (κ1) is 14.5. The Morgan fingerprint density at radius 2 is 1.95 bits per heavy atom. The van der Waals surface area contributed by atoms with Gasteiger partial charge in [0.1, 0.15) is 5.69 Å². The van der Waals surface area contributed by atoms with Crippen LogP contribution in [0.3, 0.4) is 0 Å². The Kier molecular flexibility index (Phi) is 4.54. The van der Waals surface area contributed by atoms with Crippen molar-refractivity contribution in [3.05, 3.63) is 42.2 Å². The molecular weight excluding hydrogens is 328 g/mol. The van der Waals surface area contributed by atoms with E-state index in [-0.39, 0.29) is 5.91 Å². The quantitative estimate of drug-likeness (QED) is 0.855. The zero-order valence-electron chi connectivity index (χ0n) is 11.9. The highest BCUT2D eigenvalue weighted by Crippen LogP contribution is 2.28. The lowest BCUT2D eigenvalue weighted by Crippen LogP contribution is -2.32. The molecule has 1 aromatic heterocycles. The topological polar surface area (TPSA) is 42.0 Å². The van der Waals surface area contributed by atoms with Gasteiger partial charge < -0.3 is 5.32 Å². The van der Waals surface area contributed by atoms with Gasteiger partial charge in [-0.05, 0) is 43.1 Å². The van der Waals surface area contributed by atoms with E-state index >= 15 is 0 Å². The summed E-state index contributed by atoms with van der Waals surface area (Å²) in [5.41, 5.74) is 0.530. The number of fused-ring (bicyclic) bond motifs is 1. The third kappa shape index (κ3) is 3.43. The molecule has 0 radical (unpaired) electrons. The Hall–Kier alpha value is -1.42. The molecule has 3 rings (SSSR count). The van der Waals surface area contributed by atoms with Crippen molar-refractivity contribution < 1.29 is 4.79 Å². The van der Waals surface area contributed by atoms with Crippen molar-refractivity contribution in [3.63, 3.8) is 0 Å². The molecular formula is C17H19BrN2O. The SMILES string of the molecule is O=C(NCC1CCC(Br)CC1)c1nccc2ccccc12. The molecule has 0 spiro atoms. The number of nitrogens with one attached hydrogen (secondary N) is 1. The first-order valence-electron chi connectivity index (χ1n) is 7.50. The molecule has 21 heavy (non-hydrogen) atoms. The Bertz CT molecular complexity index is 630. The Morgan fingerprint density at radius 3 is 2.76 bits per heavy atom. The average Bonchev–Trinajstić information content (AvgIpc) is 2.53. The number of hydrogen-bond donors (Lipinski definition) is 1. The van der Waals surface area contributed by atoms with E-state index in [9.17, 15) is 4.79 Å². The molecule has 1 N–H and O–H groups in total. The van der Waals surface area contributed by atoms with Crippen LogP contribution in [0, 0.1) is 5.92 Å². The van der Waals surface area contributed by atoms with E-state index in [1.54, 1.807) is 6.20 Å². The minimum Gasteiger partial charge on any atom is -0.350 e. The third-order valence-corrected chi connectivity index (χ3v) is 5.13. The summed E-state index contributed by atoms with van der Waals surface area (Å²) in [6.07, 6.45) is 6.46. The smallest absolute Gasteiger partial charge is 0.270 e. The van der Waals surface area contributed by atoms with Crippen molar-refractivity contribution in [2.45, 2.75) is 30.5 Å². The molecule has 1 fully saturated rings. The summed E-state index contributed by atoms with van der Waals surface area (Å²) in [5, 5.41) is 5.03. The number of hydrogen-bond acceptors (Lipinski definition) is 2. The molecule has 1 amide bonds. The minimum absolute atomic E-state index is 0.0623. The van der Waals surface area contributed by atoms with Crippen LogP contribution in [0.15, 0.2) is 36.5 Å². The fourth-order valence-corrected chi connectivity index (χ4v) is 3.48. The summed E-state index contributed by atoms with van der Waals surface area (Å²) in [7, 11) is 0. The summed E-state index contributed by atoms with van der Waals surface area (Å²) < 4.78 is 0. The second-order valence-corrected chi connectivity index (χ2v) is 7.00. The van der Waals surface area contributed by atoms with Gasteiger partial charge in [-0.25, -0.2) is 0 Å². The molecule has 1 aliphatic rings. The minimum atomic E-state index is -0.0623. The van der Waals surface area contributed by atoms with Crippen LogP contribution in [0.5, 0.6) is 0 Å². The number of carbonyl (C=O) groups is 1. The first-order valence-corrected chi connectivity index (χ1v) is 8.41. The Labute approximate surface area is 133 Å². The highest BCUT2D eigenvalue weighted by atomic mass is 79.9. The van der Waals surface area contributed by atoms with Crippen LogP contribution in [0.2, 0.25) is 0 Å². The van der Waals surface area contributed by atoms with Gasteiger partial charge >= 0.3 is 0 Å². The number of benzene rings is 1. The van der Waals surface area contributed by atoms with E-state index in [2.05, 4.69) is 26.2 Å². The lowest BCUT2D eigenvalue weighted by molar-refractivity contribution is 0.0940. The molecule has 2 aromatic rings. The lowest BCUT2D eigenvalue weighted by atomic mass is 9.89. The maximum Gasteiger partial charge on any atom is 0.270 e. The number of aromatic nitrogens is 1. The molecule has 0 saturated heterocycles. The van der Waals surface area contributed by atoms with Gasteiger partial charge in [-0.15, -0.1) is 0 Å². The van der Waals surface area contributed by atoms with Crippen molar-refractivity contribution in [3.8, 4) is 0 Å². The van der Waals surface area contributed by atoms with E-state index in [0.29, 0.717) is 16.4 Å². The van der Waals surface area contributed by atoms with Gasteiger partial charge in [0.25, 0.3) is 5.91 Å². The van der Waals surface area contributed by atoms with Crippen LogP contribution in [0.25, 0.3) is 10.8 Å². The van der Waals surface area contributed by atoms with Gasteiger partial charge in [0.2, 0.25) is 0 Å². The van der Waals surface area contributed by atoms with Gasteiger partial charge in [-0.3, -0.25) is 9.78 Å². The van der Waals surface area contributed by atoms with Crippen LogP contribution < -0.4 is 5.32 Å². The number of nitrogens with zero attached hydrogens (tertiary/aromatic N) is 1. The lowest BCUT2D eigenvalue weighted by Gasteiger charge is -2.25. The molecule has 1 aliphatic carbocycles. The van der Waals surface area contributed by atoms with E-state index in [0.717, 1.165) is 17.3 Å². The number of carbonyl (C=O) groups excluding carboxylic acids is 1. The molecule has 4 heteroatoms. The molecule has 0 aliphatic heterocycles. The maximum absolute atomic E-state index is 12.4. The number of amides is 1. The number of halogens is 1. The fraction of sp³-hybridized carbons (Fsp3) is 0.412. The van der Waals surface area contributed by atoms with Gasteiger partial charge in [-0.1, -0.05) is 40.2 Å². The zero-order valence-corrected chi connectivity index (χ0v) is 13.5. The molecule has 3 nitrogen and oxygen atoms in total. The molecule has 110 valence electrons. The summed E-state index contributed by atoms with van der Waals surface area (Å²) in [6, 6.07) is 9.81. The predicted molar refractivity (Wildman–Crippen MR) is 88.7 cm³/mol. The zero-order chi connectivity index (χ0) is 14.7. The van der Waals surface area contributed by atoms with E-state index in [1.165, 1.54) is 25.7 Å². The predicted octanol–water partition coefficient (Wildman–Crippen LogP) is 3.92. The molecule has 0 atom stereocenters. The monoisotopic (exact) mass is 346 g/mol. The van der Waals surface area contributed by atoms with Crippen LogP contribution >= 0.6 is 15.9 Å². The van der Waals surface area contributed by atoms with Crippen molar-refractivity contribution in [2.24, 2.45) is 5.92 Å². The second kappa shape index (κ2) is 6.56. The molecule has 1 aromatic carbocycles. The van der Waals surface area contributed by atoms with Crippen molar-refractivity contribution >= 4 is 32.6 Å². The van der Waals surface area contributed by atoms with Crippen molar-refractivity contribution in [2.75, 3.05) is 6.54 Å². The normalized spacial score (nSPS) is 22.1.